The van der Waals surface area contributed by atoms with Crippen LogP contribution >= 0.6 is 0 Å². The van der Waals surface area contributed by atoms with Gasteiger partial charge in [-0.05, 0) is 68.1 Å². The molecule has 1 aliphatic rings. The van der Waals surface area contributed by atoms with E-state index >= 15 is 0 Å². The van der Waals surface area contributed by atoms with Gasteiger partial charge in [0.2, 0.25) is 0 Å². The number of rotatable bonds is 7. The Balaban J connectivity index is 1.44. The number of nitrogens with zero attached hydrogens (tertiary/aromatic N) is 1. The second kappa shape index (κ2) is 11.6. The molecular formula is C30H34FNO4. The van der Waals surface area contributed by atoms with Crippen molar-refractivity contribution in [3.8, 4) is 5.75 Å². The summed E-state index contributed by atoms with van der Waals surface area (Å²) in [6.07, 6.45) is 0.103. The lowest BCUT2D eigenvalue weighted by Crippen LogP contribution is -2.48. The number of benzene rings is 3. The molecule has 0 N–H and O–H groups in total. The van der Waals surface area contributed by atoms with Crippen molar-refractivity contribution in [2.45, 2.75) is 58.0 Å². The van der Waals surface area contributed by atoms with Crippen LogP contribution in [0.15, 0.2) is 78.9 Å². The molecule has 1 heterocycles. The summed E-state index contributed by atoms with van der Waals surface area (Å²) in [6, 6.07) is 24.4. The number of hydrogen-bond donors (Lipinski definition) is 0. The third-order valence-electron chi connectivity index (χ3n) is 6.12. The number of likely N-dealkylation sites (tertiary alicyclic amines) is 1. The summed E-state index contributed by atoms with van der Waals surface area (Å²) in [7, 11) is 0. The van der Waals surface area contributed by atoms with Crippen molar-refractivity contribution < 1.29 is 23.4 Å². The van der Waals surface area contributed by atoms with Crippen molar-refractivity contribution >= 4 is 6.09 Å². The molecule has 0 aromatic heterocycles. The minimum absolute atomic E-state index is 0.0433. The van der Waals surface area contributed by atoms with E-state index in [1.165, 1.54) is 12.1 Å². The number of carbonyl (C=O) groups is 1. The van der Waals surface area contributed by atoms with Crippen LogP contribution in [0.1, 0.15) is 49.8 Å². The van der Waals surface area contributed by atoms with Gasteiger partial charge in [-0.15, -0.1) is 0 Å². The van der Waals surface area contributed by atoms with E-state index in [9.17, 15) is 9.18 Å². The summed E-state index contributed by atoms with van der Waals surface area (Å²) in [6.45, 7) is 7.39. The minimum atomic E-state index is -0.568. The van der Waals surface area contributed by atoms with Gasteiger partial charge >= 0.3 is 6.09 Å². The maximum Gasteiger partial charge on any atom is 0.410 e. The quantitative estimate of drug-likeness (QED) is 0.368. The molecule has 1 amide bonds. The molecule has 6 heteroatoms. The topological polar surface area (TPSA) is 48.0 Å². The largest absolute Gasteiger partial charge is 0.489 e. The number of amides is 1. The van der Waals surface area contributed by atoms with Crippen LogP contribution in [0.25, 0.3) is 0 Å². The molecule has 36 heavy (non-hydrogen) atoms. The average Bonchev–Trinajstić information content (AvgIpc) is 2.86. The van der Waals surface area contributed by atoms with Gasteiger partial charge in [-0.1, -0.05) is 54.6 Å². The second-order valence-electron chi connectivity index (χ2n) is 10.1. The number of hydrogen-bond acceptors (Lipinski definition) is 4. The number of piperidine rings is 1. The zero-order chi connectivity index (χ0) is 25.5. The molecule has 1 saturated heterocycles. The summed E-state index contributed by atoms with van der Waals surface area (Å²) >= 11 is 0. The van der Waals surface area contributed by atoms with E-state index in [1.807, 2.05) is 75.4 Å². The van der Waals surface area contributed by atoms with Crippen LogP contribution in [0.2, 0.25) is 0 Å². The van der Waals surface area contributed by atoms with Crippen molar-refractivity contribution in [1.82, 2.24) is 4.90 Å². The molecule has 0 bridgehead atoms. The van der Waals surface area contributed by atoms with E-state index < -0.39 is 5.60 Å². The molecule has 3 aromatic carbocycles. The van der Waals surface area contributed by atoms with Crippen molar-refractivity contribution in [2.24, 2.45) is 0 Å². The highest BCUT2D eigenvalue weighted by Gasteiger charge is 2.35. The Hall–Kier alpha value is -3.38. The first-order valence-corrected chi connectivity index (χ1v) is 12.4. The van der Waals surface area contributed by atoms with Crippen LogP contribution in [0.5, 0.6) is 5.75 Å². The first-order valence-electron chi connectivity index (χ1n) is 12.4. The van der Waals surface area contributed by atoms with Crippen LogP contribution < -0.4 is 4.74 Å². The van der Waals surface area contributed by atoms with E-state index in [1.54, 1.807) is 17.0 Å². The smallest absolute Gasteiger partial charge is 0.410 e. The Morgan fingerprint density at radius 2 is 1.67 bits per heavy atom. The Bertz CT molecular complexity index is 1130. The Morgan fingerprint density at radius 1 is 0.944 bits per heavy atom. The van der Waals surface area contributed by atoms with Gasteiger partial charge < -0.3 is 19.1 Å². The van der Waals surface area contributed by atoms with Gasteiger partial charge in [0.25, 0.3) is 0 Å². The fourth-order valence-corrected chi connectivity index (χ4v) is 4.34. The molecule has 0 spiro atoms. The zero-order valence-electron chi connectivity index (χ0n) is 21.2. The van der Waals surface area contributed by atoms with Gasteiger partial charge in [-0.3, -0.25) is 0 Å². The van der Waals surface area contributed by atoms with Crippen LogP contribution in [0, 0.1) is 5.82 Å². The summed E-state index contributed by atoms with van der Waals surface area (Å²) in [5, 5.41) is 0. The highest BCUT2D eigenvalue weighted by atomic mass is 19.1. The van der Waals surface area contributed by atoms with Crippen LogP contribution in [0.3, 0.4) is 0 Å². The lowest BCUT2D eigenvalue weighted by Gasteiger charge is -2.39. The fraction of sp³-hybridized carbons (Fsp3) is 0.367. The lowest BCUT2D eigenvalue weighted by molar-refractivity contribution is -0.0360. The summed E-state index contributed by atoms with van der Waals surface area (Å²) in [4.78, 5) is 14.4. The summed E-state index contributed by atoms with van der Waals surface area (Å²) in [5.41, 5.74) is 2.52. The minimum Gasteiger partial charge on any atom is -0.489 e. The fourth-order valence-electron chi connectivity index (χ4n) is 4.34. The highest BCUT2D eigenvalue weighted by molar-refractivity contribution is 5.68. The van der Waals surface area contributed by atoms with E-state index in [0.717, 1.165) is 22.4 Å². The monoisotopic (exact) mass is 491 g/mol. The van der Waals surface area contributed by atoms with E-state index in [0.29, 0.717) is 32.7 Å². The first-order chi connectivity index (χ1) is 17.3. The zero-order valence-corrected chi connectivity index (χ0v) is 21.2. The third kappa shape index (κ3) is 7.31. The lowest BCUT2D eigenvalue weighted by atomic mass is 9.87. The number of carbonyl (C=O) groups excluding carboxylic acids is 1. The van der Waals surface area contributed by atoms with Crippen LogP contribution in [0.4, 0.5) is 9.18 Å². The van der Waals surface area contributed by atoms with Crippen molar-refractivity contribution in [3.63, 3.8) is 0 Å². The molecule has 2 atom stereocenters. The van der Waals surface area contributed by atoms with E-state index in [-0.39, 0.29) is 23.9 Å². The maximum absolute atomic E-state index is 13.5. The highest BCUT2D eigenvalue weighted by Crippen LogP contribution is 2.32. The molecule has 1 fully saturated rings. The molecule has 190 valence electrons. The van der Waals surface area contributed by atoms with E-state index in [4.69, 9.17) is 14.2 Å². The Morgan fingerprint density at radius 3 is 2.39 bits per heavy atom. The van der Waals surface area contributed by atoms with Crippen LogP contribution in [-0.2, 0) is 22.7 Å². The summed E-state index contributed by atoms with van der Waals surface area (Å²) < 4.78 is 31.5. The molecule has 4 rings (SSSR count). The third-order valence-corrected chi connectivity index (χ3v) is 6.12. The molecule has 2 unspecified atom stereocenters. The maximum atomic E-state index is 13.5. The second-order valence-corrected chi connectivity index (χ2v) is 10.1. The predicted octanol–water partition coefficient (Wildman–Crippen LogP) is 6.71. The Labute approximate surface area is 212 Å². The van der Waals surface area contributed by atoms with Gasteiger partial charge in [0.05, 0.1) is 19.3 Å². The van der Waals surface area contributed by atoms with Crippen molar-refractivity contribution in [2.75, 3.05) is 13.1 Å². The van der Waals surface area contributed by atoms with Gasteiger partial charge in [-0.25, -0.2) is 9.18 Å². The Kier molecular flexibility index (Phi) is 8.26. The van der Waals surface area contributed by atoms with Crippen LogP contribution in [-0.4, -0.2) is 35.8 Å². The van der Waals surface area contributed by atoms with Crippen molar-refractivity contribution in [3.05, 3.63) is 101 Å². The molecular weight excluding hydrogens is 457 g/mol. The average molecular weight is 492 g/mol. The predicted molar refractivity (Wildman–Crippen MR) is 137 cm³/mol. The summed E-state index contributed by atoms with van der Waals surface area (Å²) in [5.74, 6) is 0.547. The first kappa shape index (κ1) is 25.7. The van der Waals surface area contributed by atoms with Gasteiger partial charge in [0.15, 0.2) is 0 Å². The van der Waals surface area contributed by atoms with Gasteiger partial charge in [0.1, 0.15) is 23.8 Å². The van der Waals surface area contributed by atoms with Gasteiger partial charge in [0, 0.05) is 12.5 Å². The normalized spacial score (nSPS) is 18.1. The SMILES string of the molecule is CC(C)(C)OC(=O)N1CCC(c2ccc(F)cc2)C(OCc2cccc(OCc3ccccc3)c2)C1. The number of ether oxygens (including phenoxy) is 3. The van der Waals surface area contributed by atoms with Crippen molar-refractivity contribution in [1.29, 1.82) is 0 Å². The van der Waals surface area contributed by atoms with E-state index in [2.05, 4.69) is 0 Å². The standard InChI is InChI=1S/C30H34FNO4/c1-30(2,3)36-29(33)32-17-16-27(24-12-14-25(31)15-13-24)28(19-32)35-21-23-10-7-11-26(18-23)34-20-22-8-5-4-6-9-22/h4-15,18,27-28H,16-17,19-21H2,1-3H3. The molecule has 0 saturated carbocycles. The molecule has 0 radical (unpaired) electrons. The molecule has 3 aromatic rings. The number of halogens is 1. The van der Waals surface area contributed by atoms with Gasteiger partial charge in [-0.2, -0.15) is 0 Å². The molecule has 0 aliphatic carbocycles. The molecule has 1 aliphatic heterocycles. The molecule has 5 nitrogen and oxygen atoms in total.